The lowest BCUT2D eigenvalue weighted by Gasteiger charge is -2.28. The van der Waals surface area contributed by atoms with Crippen LogP contribution >= 0.6 is 0 Å². The molecule has 1 aromatic heterocycles. The predicted molar refractivity (Wildman–Crippen MR) is 74.8 cm³/mol. The number of likely N-dealkylation sites (N-methyl/N-ethyl adjacent to an activating group) is 1. The van der Waals surface area contributed by atoms with Gasteiger partial charge in [0.15, 0.2) is 0 Å². The van der Waals surface area contributed by atoms with E-state index in [0.29, 0.717) is 11.6 Å². The lowest BCUT2D eigenvalue weighted by molar-refractivity contribution is 0.0699. The highest BCUT2D eigenvalue weighted by Crippen LogP contribution is 2.31. The molecule has 1 aromatic carbocycles. The lowest BCUT2D eigenvalue weighted by Crippen LogP contribution is -2.33. The first kappa shape index (κ1) is 12.2. The number of hydrogen-bond donors (Lipinski definition) is 2. The van der Waals surface area contributed by atoms with Crippen molar-refractivity contribution >= 4 is 16.9 Å². The molecule has 3 rings (SSSR count). The molecule has 4 nitrogen and oxygen atoms in total. The number of aromatic nitrogens is 1. The van der Waals surface area contributed by atoms with Crippen molar-refractivity contribution in [1.29, 1.82) is 0 Å². The highest BCUT2D eigenvalue weighted by atomic mass is 16.4. The van der Waals surface area contributed by atoms with E-state index in [9.17, 15) is 9.90 Å². The van der Waals surface area contributed by atoms with Crippen LogP contribution < -0.4 is 0 Å². The van der Waals surface area contributed by atoms with Crippen molar-refractivity contribution in [2.24, 2.45) is 0 Å². The molecule has 19 heavy (non-hydrogen) atoms. The summed E-state index contributed by atoms with van der Waals surface area (Å²) in [5.74, 6) is -0.867. The van der Waals surface area contributed by atoms with E-state index in [1.807, 2.05) is 12.1 Å². The minimum absolute atomic E-state index is 0.369. The van der Waals surface area contributed by atoms with Crippen LogP contribution in [0.1, 0.15) is 28.0 Å². The van der Waals surface area contributed by atoms with Gasteiger partial charge < -0.3 is 15.0 Å². The molecule has 1 heterocycles. The van der Waals surface area contributed by atoms with E-state index in [1.165, 1.54) is 11.3 Å². The molecule has 0 saturated heterocycles. The van der Waals surface area contributed by atoms with Crippen LogP contribution in [-0.4, -0.2) is 41.1 Å². The zero-order valence-corrected chi connectivity index (χ0v) is 11.2. The summed E-state index contributed by atoms with van der Waals surface area (Å²) in [4.78, 5) is 16.9. The Bertz CT molecular complexity index is 643. The average molecular weight is 258 g/mol. The van der Waals surface area contributed by atoms with E-state index in [-0.39, 0.29) is 0 Å². The summed E-state index contributed by atoms with van der Waals surface area (Å²) < 4.78 is 0. The third-order valence-electron chi connectivity index (χ3n) is 4.16. The van der Waals surface area contributed by atoms with E-state index in [4.69, 9.17) is 0 Å². The number of carboxylic acids is 1. The number of H-pyrrole nitrogens is 1. The van der Waals surface area contributed by atoms with Crippen LogP contribution in [0.25, 0.3) is 10.9 Å². The van der Waals surface area contributed by atoms with Gasteiger partial charge in [-0.2, -0.15) is 0 Å². The highest BCUT2D eigenvalue weighted by Gasteiger charge is 2.25. The molecule has 0 bridgehead atoms. The SMILES string of the molecule is CN(C)C1CCc2[nH]c3c(C(=O)O)cccc3c2C1. The van der Waals surface area contributed by atoms with E-state index in [1.54, 1.807) is 6.07 Å². The molecule has 1 unspecified atom stereocenters. The van der Waals surface area contributed by atoms with E-state index < -0.39 is 5.97 Å². The first-order chi connectivity index (χ1) is 9.08. The Hall–Kier alpha value is -1.81. The van der Waals surface area contributed by atoms with Crippen molar-refractivity contribution in [3.63, 3.8) is 0 Å². The van der Waals surface area contributed by atoms with Crippen LogP contribution in [0.3, 0.4) is 0 Å². The molecule has 0 radical (unpaired) electrons. The van der Waals surface area contributed by atoms with Crippen LogP contribution in [0.5, 0.6) is 0 Å². The van der Waals surface area contributed by atoms with Gasteiger partial charge in [-0.05, 0) is 45.0 Å². The summed E-state index contributed by atoms with van der Waals surface area (Å²) in [5.41, 5.74) is 3.65. The largest absolute Gasteiger partial charge is 0.478 e. The number of aromatic amines is 1. The Balaban J connectivity index is 2.15. The maximum atomic E-state index is 11.3. The molecular formula is C15H18N2O2. The first-order valence-corrected chi connectivity index (χ1v) is 6.60. The Morgan fingerprint density at radius 1 is 1.42 bits per heavy atom. The van der Waals surface area contributed by atoms with Crippen molar-refractivity contribution in [1.82, 2.24) is 9.88 Å². The molecule has 0 saturated carbocycles. The summed E-state index contributed by atoms with van der Waals surface area (Å²) in [6.07, 6.45) is 3.10. The van der Waals surface area contributed by atoms with E-state index in [0.717, 1.165) is 30.2 Å². The monoisotopic (exact) mass is 258 g/mol. The van der Waals surface area contributed by atoms with E-state index in [2.05, 4.69) is 24.0 Å². The van der Waals surface area contributed by atoms with Crippen molar-refractivity contribution in [2.75, 3.05) is 14.1 Å². The average Bonchev–Trinajstić information content (AvgIpc) is 2.75. The molecule has 100 valence electrons. The van der Waals surface area contributed by atoms with Gasteiger partial charge in [0.25, 0.3) is 0 Å². The summed E-state index contributed by atoms with van der Waals surface area (Å²) in [6.45, 7) is 0. The first-order valence-electron chi connectivity index (χ1n) is 6.60. The van der Waals surface area contributed by atoms with Gasteiger partial charge in [0.1, 0.15) is 0 Å². The minimum atomic E-state index is -0.867. The number of nitrogens with one attached hydrogen (secondary N) is 1. The number of fused-ring (bicyclic) bond motifs is 3. The van der Waals surface area contributed by atoms with Gasteiger partial charge in [-0.1, -0.05) is 12.1 Å². The quantitative estimate of drug-likeness (QED) is 0.869. The molecule has 0 fully saturated rings. The Kier molecular flexibility index (Phi) is 2.82. The number of carbonyl (C=O) groups is 1. The van der Waals surface area contributed by atoms with E-state index >= 15 is 0 Å². The third kappa shape index (κ3) is 1.92. The summed E-state index contributed by atoms with van der Waals surface area (Å²) in [6, 6.07) is 6.06. The smallest absolute Gasteiger partial charge is 0.337 e. The number of aryl methyl sites for hydroxylation is 1. The number of benzene rings is 1. The maximum absolute atomic E-state index is 11.3. The second-order valence-electron chi connectivity index (χ2n) is 5.48. The molecule has 0 spiro atoms. The Morgan fingerprint density at radius 3 is 2.89 bits per heavy atom. The molecule has 4 heteroatoms. The second kappa shape index (κ2) is 4.38. The van der Waals surface area contributed by atoms with Gasteiger partial charge >= 0.3 is 5.97 Å². The normalized spacial score (nSPS) is 18.8. The molecule has 2 aromatic rings. The zero-order valence-electron chi connectivity index (χ0n) is 11.2. The van der Waals surface area contributed by atoms with Gasteiger partial charge in [0.2, 0.25) is 0 Å². The molecule has 0 aliphatic heterocycles. The van der Waals surface area contributed by atoms with Crippen molar-refractivity contribution in [3.05, 3.63) is 35.0 Å². The molecular weight excluding hydrogens is 240 g/mol. The van der Waals surface area contributed by atoms with Crippen LogP contribution in [0.4, 0.5) is 0 Å². The zero-order chi connectivity index (χ0) is 13.6. The Labute approximate surface area is 112 Å². The number of rotatable bonds is 2. The van der Waals surface area contributed by atoms with Crippen LogP contribution in [0.15, 0.2) is 18.2 Å². The molecule has 1 aliphatic rings. The number of hydrogen-bond acceptors (Lipinski definition) is 2. The maximum Gasteiger partial charge on any atom is 0.337 e. The standard InChI is InChI=1S/C15H18N2O2/c1-17(2)9-6-7-13-12(8-9)10-4-3-5-11(15(18)19)14(10)16-13/h3-5,9,16H,6-8H2,1-2H3,(H,18,19). The minimum Gasteiger partial charge on any atom is -0.478 e. The molecule has 1 atom stereocenters. The van der Waals surface area contributed by atoms with Crippen LogP contribution in [0, 0.1) is 0 Å². The number of aromatic carboxylic acids is 1. The Morgan fingerprint density at radius 2 is 2.21 bits per heavy atom. The van der Waals surface area contributed by atoms with Gasteiger partial charge in [-0.15, -0.1) is 0 Å². The summed E-state index contributed by atoms with van der Waals surface area (Å²) >= 11 is 0. The topological polar surface area (TPSA) is 56.3 Å². The molecule has 2 N–H and O–H groups in total. The van der Waals surface area contributed by atoms with Crippen LogP contribution in [-0.2, 0) is 12.8 Å². The van der Waals surface area contributed by atoms with Crippen molar-refractivity contribution in [2.45, 2.75) is 25.3 Å². The fraction of sp³-hybridized carbons (Fsp3) is 0.400. The predicted octanol–water partition coefficient (Wildman–Crippen LogP) is 2.29. The summed E-state index contributed by atoms with van der Waals surface area (Å²) in [7, 11) is 4.21. The second-order valence-corrected chi connectivity index (χ2v) is 5.48. The van der Waals surface area contributed by atoms with Crippen molar-refractivity contribution < 1.29 is 9.90 Å². The third-order valence-corrected chi connectivity index (χ3v) is 4.16. The molecule has 1 aliphatic carbocycles. The number of para-hydroxylation sites is 1. The fourth-order valence-corrected chi connectivity index (χ4v) is 3.04. The van der Waals surface area contributed by atoms with Gasteiger partial charge in [-0.25, -0.2) is 4.79 Å². The van der Waals surface area contributed by atoms with Gasteiger partial charge in [-0.3, -0.25) is 0 Å². The van der Waals surface area contributed by atoms with Gasteiger partial charge in [0, 0.05) is 17.1 Å². The van der Waals surface area contributed by atoms with Crippen molar-refractivity contribution in [3.8, 4) is 0 Å². The number of nitrogens with zero attached hydrogens (tertiary/aromatic N) is 1. The fourth-order valence-electron chi connectivity index (χ4n) is 3.04. The summed E-state index contributed by atoms with van der Waals surface area (Å²) in [5, 5.41) is 10.3. The van der Waals surface area contributed by atoms with Gasteiger partial charge in [0.05, 0.1) is 11.1 Å². The lowest BCUT2D eigenvalue weighted by atomic mass is 9.90. The highest BCUT2D eigenvalue weighted by molar-refractivity contribution is 6.03. The molecule has 0 amide bonds. The number of carboxylic acid groups (broad SMARTS) is 1. The van der Waals surface area contributed by atoms with Crippen LogP contribution in [0.2, 0.25) is 0 Å².